The van der Waals surface area contributed by atoms with Crippen molar-refractivity contribution in [1.82, 2.24) is 9.55 Å². The largest absolute Gasteiger partial charge is 0.398 e. The number of nitrogen functional groups attached to an aromatic ring is 1. The average Bonchev–Trinajstić information content (AvgIpc) is 3.34. The van der Waals surface area contributed by atoms with Gasteiger partial charge in [-0.05, 0) is 36.1 Å². The van der Waals surface area contributed by atoms with Crippen LogP contribution in [0, 0.1) is 5.92 Å². The lowest BCUT2D eigenvalue weighted by molar-refractivity contribution is -0.117. The van der Waals surface area contributed by atoms with Gasteiger partial charge in [0.15, 0.2) is 0 Å². The molecule has 1 amide bonds. The number of halogens is 1. The fraction of sp³-hybridized carbons (Fsp3) is 0.211. The van der Waals surface area contributed by atoms with Crippen LogP contribution in [0.1, 0.15) is 6.42 Å². The molecule has 2 atom stereocenters. The Morgan fingerprint density at radius 2 is 2.12 bits per heavy atom. The Hall–Kier alpha value is -3.22. The van der Waals surface area contributed by atoms with Gasteiger partial charge in [-0.2, -0.15) is 0 Å². The molecule has 3 N–H and O–H groups in total. The summed E-state index contributed by atoms with van der Waals surface area (Å²) in [6.45, 7) is 0. The van der Waals surface area contributed by atoms with Crippen molar-refractivity contribution in [1.29, 1.82) is 0 Å². The number of hydrogen-bond acceptors (Lipinski definition) is 4. The van der Waals surface area contributed by atoms with E-state index in [1.807, 2.05) is 12.1 Å². The third-order valence-corrected chi connectivity index (χ3v) is 4.65. The van der Waals surface area contributed by atoms with Crippen molar-refractivity contribution in [3.8, 4) is 11.3 Å². The number of nitrogens with two attached hydrogens (primary N) is 1. The summed E-state index contributed by atoms with van der Waals surface area (Å²) in [6.07, 6.45) is 0.781. The molecule has 1 saturated carbocycles. The van der Waals surface area contributed by atoms with Crippen LogP contribution in [0.5, 0.6) is 0 Å². The zero-order valence-corrected chi connectivity index (χ0v) is 14.1. The van der Waals surface area contributed by atoms with Crippen LogP contribution in [0.4, 0.5) is 15.9 Å². The van der Waals surface area contributed by atoms with Gasteiger partial charge in [0.1, 0.15) is 12.0 Å². The first-order valence-electron chi connectivity index (χ1n) is 8.24. The smallest absolute Gasteiger partial charge is 0.250 e. The predicted octanol–water partition coefficient (Wildman–Crippen LogP) is 2.48. The van der Waals surface area contributed by atoms with Gasteiger partial charge in [-0.25, -0.2) is 9.37 Å². The van der Waals surface area contributed by atoms with E-state index in [2.05, 4.69) is 10.3 Å². The normalized spacial score (nSPS) is 18.7. The first-order valence-corrected chi connectivity index (χ1v) is 8.24. The summed E-state index contributed by atoms with van der Waals surface area (Å²) in [5.74, 6) is -0.596. The van der Waals surface area contributed by atoms with Gasteiger partial charge in [0.25, 0.3) is 5.56 Å². The van der Waals surface area contributed by atoms with Crippen molar-refractivity contribution in [2.75, 3.05) is 11.1 Å². The molecule has 1 aliphatic carbocycles. The van der Waals surface area contributed by atoms with E-state index in [0.29, 0.717) is 11.5 Å². The monoisotopic (exact) mass is 352 g/mol. The molecule has 26 heavy (non-hydrogen) atoms. The molecule has 0 bridgehead atoms. The Balaban J connectivity index is 1.76. The van der Waals surface area contributed by atoms with Crippen molar-refractivity contribution in [2.45, 2.75) is 12.6 Å². The molecule has 0 unspecified atom stereocenters. The van der Waals surface area contributed by atoms with Gasteiger partial charge in [-0.15, -0.1) is 0 Å². The molecule has 7 heteroatoms. The first-order chi connectivity index (χ1) is 12.4. The molecule has 1 fully saturated rings. The van der Waals surface area contributed by atoms with Crippen molar-refractivity contribution < 1.29 is 9.18 Å². The molecule has 6 nitrogen and oxygen atoms in total. The third-order valence-electron chi connectivity index (χ3n) is 4.65. The minimum atomic E-state index is -1.06. The van der Waals surface area contributed by atoms with E-state index in [0.717, 1.165) is 22.0 Å². The van der Waals surface area contributed by atoms with Crippen LogP contribution in [0.2, 0.25) is 0 Å². The fourth-order valence-electron chi connectivity index (χ4n) is 3.01. The Kier molecular flexibility index (Phi) is 3.72. The van der Waals surface area contributed by atoms with Gasteiger partial charge in [-0.3, -0.25) is 9.59 Å². The molecule has 2 aromatic heterocycles. The summed E-state index contributed by atoms with van der Waals surface area (Å²) in [5, 5.41) is 4.15. The van der Waals surface area contributed by atoms with Crippen molar-refractivity contribution in [2.24, 2.45) is 13.0 Å². The van der Waals surface area contributed by atoms with Gasteiger partial charge in [0.05, 0.1) is 11.6 Å². The lowest BCUT2D eigenvalue weighted by atomic mass is 10.0. The van der Waals surface area contributed by atoms with E-state index in [-0.39, 0.29) is 17.9 Å². The van der Waals surface area contributed by atoms with Gasteiger partial charge >= 0.3 is 0 Å². The molecule has 4 rings (SSSR count). The molecule has 1 aliphatic rings. The van der Waals surface area contributed by atoms with Gasteiger partial charge in [0.2, 0.25) is 5.91 Å². The SMILES string of the molecule is Cn1c(-c2cc(N)c3cnc(NC(=O)[C@H]4C[C@H]4F)cc3c2)cccc1=O. The number of pyridine rings is 2. The van der Waals surface area contributed by atoms with E-state index >= 15 is 0 Å². The van der Waals surface area contributed by atoms with Crippen molar-refractivity contribution in [3.63, 3.8) is 0 Å². The highest BCUT2D eigenvalue weighted by Crippen LogP contribution is 2.35. The summed E-state index contributed by atoms with van der Waals surface area (Å²) < 4.78 is 14.6. The number of carbonyl (C=O) groups excluding carboxylic acids is 1. The first kappa shape index (κ1) is 16.3. The number of nitrogens with one attached hydrogen (secondary N) is 1. The Morgan fingerprint density at radius 1 is 1.35 bits per heavy atom. The minimum Gasteiger partial charge on any atom is -0.398 e. The van der Waals surface area contributed by atoms with Crippen LogP contribution in [-0.2, 0) is 11.8 Å². The van der Waals surface area contributed by atoms with E-state index in [1.54, 1.807) is 36.0 Å². The molecule has 0 radical (unpaired) electrons. The number of fused-ring (bicyclic) bond motifs is 1. The average molecular weight is 352 g/mol. The molecule has 0 spiro atoms. The highest BCUT2D eigenvalue weighted by Gasteiger charge is 2.43. The highest BCUT2D eigenvalue weighted by atomic mass is 19.1. The van der Waals surface area contributed by atoms with Gasteiger partial charge < -0.3 is 15.6 Å². The maximum atomic E-state index is 13.0. The number of hydrogen-bond donors (Lipinski definition) is 2. The van der Waals surface area contributed by atoms with Crippen molar-refractivity contribution in [3.05, 3.63) is 52.9 Å². The Morgan fingerprint density at radius 3 is 2.85 bits per heavy atom. The van der Waals surface area contributed by atoms with Gasteiger partial charge in [-0.1, -0.05) is 6.07 Å². The number of nitrogens with zero attached hydrogens (tertiary/aromatic N) is 2. The van der Waals surface area contributed by atoms with Crippen LogP contribution >= 0.6 is 0 Å². The highest BCUT2D eigenvalue weighted by molar-refractivity contribution is 6.00. The number of carbonyl (C=O) groups is 1. The second-order valence-electron chi connectivity index (χ2n) is 6.51. The second kappa shape index (κ2) is 5.94. The maximum absolute atomic E-state index is 13.0. The fourth-order valence-corrected chi connectivity index (χ4v) is 3.01. The molecule has 0 aliphatic heterocycles. The van der Waals surface area contributed by atoms with E-state index in [1.165, 1.54) is 6.07 Å². The molecule has 2 heterocycles. The molecular weight excluding hydrogens is 335 g/mol. The predicted molar refractivity (Wildman–Crippen MR) is 98.5 cm³/mol. The summed E-state index contributed by atoms with van der Waals surface area (Å²) in [7, 11) is 1.69. The molecular formula is C19H17FN4O2. The summed E-state index contributed by atoms with van der Waals surface area (Å²) in [5.41, 5.74) is 8.06. The molecule has 1 aromatic carbocycles. The summed E-state index contributed by atoms with van der Waals surface area (Å²) >= 11 is 0. The number of benzene rings is 1. The maximum Gasteiger partial charge on any atom is 0.250 e. The number of aromatic nitrogens is 2. The number of anilines is 2. The van der Waals surface area contributed by atoms with Gasteiger partial charge in [0, 0.05) is 35.9 Å². The van der Waals surface area contributed by atoms with Crippen LogP contribution in [-0.4, -0.2) is 21.6 Å². The van der Waals surface area contributed by atoms with Crippen LogP contribution in [0.25, 0.3) is 22.0 Å². The van der Waals surface area contributed by atoms with Crippen molar-refractivity contribution >= 4 is 28.2 Å². The van der Waals surface area contributed by atoms with Crippen LogP contribution in [0.3, 0.4) is 0 Å². The van der Waals surface area contributed by atoms with Crippen LogP contribution < -0.4 is 16.6 Å². The summed E-state index contributed by atoms with van der Waals surface area (Å²) in [6, 6.07) is 10.4. The van der Waals surface area contributed by atoms with E-state index in [9.17, 15) is 14.0 Å². The molecule has 3 aromatic rings. The minimum absolute atomic E-state index is 0.117. The number of alkyl halides is 1. The standard InChI is InChI=1S/C19H17FN4O2/c1-24-16(3-2-4-18(24)25)11-5-10-7-17(22-9-13(10)15(21)6-11)23-19(26)12-8-14(12)20/h2-7,9,12,14H,8,21H2,1H3,(H,22,23,26)/t12-,14+/m0/s1. The molecule has 132 valence electrons. The van der Waals surface area contributed by atoms with Crippen LogP contribution in [0.15, 0.2) is 47.4 Å². The zero-order chi connectivity index (χ0) is 18.4. The lowest BCUT2D eigenvalue weighted by Crippen LogP contribution is -2.16. The van der Waals surface area contributed by atoms with E-state index in [4.69, 9.17) is 5.73 Å². The second-order valence-corrected chi connectivity index (χ2v) is 6.51. The molecule has 0 saturated heterocycles. The lowest BCUT2D eigenvalue weighted by Gasteiger charge is -2.12. The number of amides is 1. The topological polar surface area (TPSA) is 90.0 Å². The summed E-state index contributed by atoms with van der Waals surface area (Å²) in [4.78, 5) is 28.0. The van der Waals surface area contributed by atoms with E-state index < -0.39 is 12.1 Å². The quantitative estimate of drug-likeness (QED) is 0.709. The third kappa shape index (κ3) is 2.81. The Labute approximate surface area is 148 Å². The zero-order valence-electron chi connectivity index (χ0n) is 14.1. The number of rotatable bonds is 3. The Bertz CT molecular complexity index is 1090.